The summed E-state index contributed by atoms with van der Waals surface area (Å²) >= 11 is 6.01. The molecule has 7 nitrogen and oxygen atoms in total. The van der Waals surface area contributed by atoms with Crippen LogP contribution in [0.1, 0.15) is 25.5 Å². The van der Waals surface area contributed by atoms with Gasteiger partial charge in [0.25, 0.3) is 11.6 Å². The molecule has 0 unspecified atom stereocenters. The van der Waals surface area contributed by atoms with Gasteiger partial charge in [0.15, 0.2) is 6.04 Å². The Morgan fingerprint density at radius 3 is 2.62 bits per heavy atom. The molecule has 0 heterocycles. The van der Waals surface area contributed by atoms with E-state index in [1.165, 1.54) is 25.3 Å². The van der Waals surface area contributed by atoms with Crippen LogP contribution in [-0.4, -0.2) is 24.0 Å². The minimum atomic E-state index is -0.517. The van der Waals surface area contributed by atoms with Crippen molar-refractivity contribution < 1.29 is 19.8 Å². The average molecular weight is 379 g/mol. The average Bonchev–Trinajstić information content (AvgIpc) is 2.61. The number of rotatable bonds is 7. The van der Waals surface area contributed by atoms with Crippen LogP contribution in [0.5, 0.6) is 5.75 Å². The lowest BCUT2D eigenvalue weighted by Crippen LogP contribution is -2.91. The highest BCUT2D eigenvalue weighted by Gasteiger charge is 2.22. The second-order valence-corrected chi connectivity index (χ2v) is 6.39. The zero-order chi connectivity index (χ0) is 19.3. The fraction of sp³-hybridized carbons (Fsp3) is 0.278. The maximum atomic E-state index is 12.5. The summed E-state index contributed by atoms with van der Waals surface area (Å²) in [6, 6.07) is 11.2. The van der Waals surface area contributed by atoms with E-state index in [-0.39, 0.29) is 29.4 Å². The Kier molecular flexibility index (Phi) is 6.54. The van der Waals surface area contributed by atoms with E-state index in [0.29, 0.717) is 10.7 Å². The van der Waals surface area contributed by atoms with Crippen molar-refractivity contribution in [3.05, 3.63) is 63.2 Å². The van der Waals surface area contributed by atoms with Gasteiger partial charge in [0, 0.05) is 16.7 Å². The zero-order valence-electron chi connectivity index (χ0n) is 14.7. The van der Waals surface area contributed by atoms with Gasteiger partial charge in [-0.3, -0.25) is 14.9 Å². The number of nitro groups is 1. The molecule has 0 aliphatic carbocycles. The Balaban J connectivity index is 2.06. The summed E-state index contributed by atoms with van der Waals surface area (Å²) in [4.78, 5) is 22.8. The molecule has 0 radical (unpaired) electrons. The van der Waals surface area contributed by atoms with Crippen LogP contribution in [0.15, 0.2) is 42.5 Å². The summed E-state index contributed by atoms with van der Waals surface area (Å²) in [5, 5.41) is 16.2. The molecule has 138 valence electrons. The van der Waals surface area contributed by atoms with Gasteiger partial charge in [-0.05, 0) is 32.0 Å². The molecule has 0 aromatic heterocycles. The molecule has 0 saturated carbocycles. The third-order valence-corrected chi connectivity index (χ3v) is 4.25. The SMILES string of the molecule is COc1cc([N+](=O)[O-])ccc1NC(=O)[C@H](C)[NH2+][C@@H](C)c1cccc(Cl)c1. The number of amides is 1. The first kappa shape index (κ1) is 19.7. The largest absolute Gasteiger partial charge is 0.494 e. The van der Waals surface area contributed by atoms with Crippen molar-refractivity contribution in [3.8, 4) is 5.75 Å². The summed E-state index contributed by atoms with van der Waals surface area (Å²) in [6.07, 6.45) is 0. The van der Waals surface area contributed by atoms with Gasteiger partial charge in [-0.1, -0.05) is 23.7 Å². The van der Waals surface area contributed by atoms with Gasteiger partial charge in [-0.25, -0.2) is 0 Å². The lowest BCUT2D eigenvalue weighted by Gasteiger charge is -2.17. The van der Waals surface area contributed by atoms with E-state index in [9.17, 15) is 14.9 Å². The molecule has 0 fully saturated rings. The number of nitro benzene ring substituents is 1. The molecular formula is C18H21ClN3O4+. The number of hydrogen-bond acceptors (Lipinski definition) is 4. The fourth-order valence-corrected chi connectivity index (χ4v) is 2.76. The van der Waals surface area contributed by atoms with Crippen molar-refractivity contribution in [2.75, 3.05) is 12.4 Å². The molecule has 3 N–H and O–H groups in total. The van der Waals surface area contributed by atoms with E-state index in [2.05, 4.69) is 5.32 Å². The van der Waals surface area contributed by atoms with Gasteiger partial charge in [-0.2, -0.15) is 0 Å². The van der Waals surface area contributed by atoms with Crippen molar-refractivity contribution in [1.29, 1.82) is 0 Å². The summed E-state index contributed by atoms with van der Waals surface area (Å²) < 4.78 is 5.14. The molecule has 8 heteroatoms. The van der Waals surface area contributed by atoms with Crippen molar-refractivity contribution in [2.45, 2.75) is 25.9 Å². The minimum Gasteiger partial charge on any atom is -0.494 e. The number of carbonyl (C=O) groups is 1. The number of quaternary nitrogens is 1. The van der Waals surface area contributed by atoms with E-state index in [4.69, 9.17) is 16.3 Å². The Morgan fingerprint density at radius 2 is 2.00 bits per heavy atom. The van der Waals surface area contributed by atoms with Crippen molar-refractivity contribution in [1.82, 2.24) is 0 Å². The van der Waals surface area contributed by atoms with Gasteiger partial charge >= 0.3 is 0 Å². The highest BCUT2D eigenvalue weighted by molar-refractivity contribution is 6.30. The summed E-state index contributed by atoms with van der Waals surface area (Å²) in [5.74, 6) is 0.00803. The predicted molar refractivity (Wildman–Crippen MR) is 99.5 cm³/mol. The summed E-state index contributed by atoms with van der Waals surface area (Å²) in [6.45, 7) is 3.77. The predicted octanol–water partition coefficient (Wildman–Crippen LogP) is 2.91. The van der Waals surface area contributed by atoms with Crippen LogP contribution in [0.2, 0.25) is 5.02 Å². The second kappa shape index (κ2) is 8.64. The first-order valence-corrected chi connectivity index (χ1v) is 8.43. The van der Waals surface area contributed by atoms with Crippen LogP contribution in [0, 0.1) is 10.1 Å². The second-order valence-electron chi connectivity index (χ2n) is 5.96. The number of halogens is 1. The number of benzene rings is 2. The maximum absolute atomic E-state index is 12.5. The van der Waals surface area contributed by atoms with E-state index >= 15 is 0 Å². The number of carbonyl (C=O) groups excluding carboxylic acids is 1. The van der Waals surface area contributed by atoms with Crippen molar-refractivity contribution in [3.63, 3.8) is 0 Å². The summed E-state index contributed by atoms with van der Waals surface area (Å²) in [5.41, 5.74) is 1.30. The van der Waals surface area contributed by atoms with Crippen LogP contribution in [0.25, 0.3) is 0 Å². The Morgan fingerprint density at radius 1 is 1.27 bits per heavy atom. The first-order chi connectivity index (χ1) is 12.3. The molecule has 0 spiro atoms. The van der Waals surface area contributed by atoms with E-state index in [1.54, 1.807) is 13.0 Å². The van der Waals surface area contributed by atoms with Crippen LogP contribution in [0.4, 0.5) is 11.4 Å². The number of anilines is 1. The molecule has 0 aliphatic heterocycles. The van der Waals surface area contributed by atoms with Gasteiger partial charge in [0.2, 0.25) is 0 Å². The summed E-state index contributed by atoms with van der Waals surface area (Å²) in [7, 11) is 1.39. The van der Waals surface area contributed by atoms with Gasteiger partial charge < -0.3 is 15.4 Å². The normalized spacial score (nSPS) is 12.9. The molecular weight excluding hydrogens is 358 g/mol. The lowest BCUT2D eigenvalue weighted by molar-refractivity contribution is -0.709. The monoisotopic (exact) mass is 378 g/mol. The van der Waals surface area contributed by atoms with E-state index in [0.717, 1.165) is 5.56 Å². The van der Waals surface area contributed by atoms with Gasteiger partial charge in [-0.15, -0.1) is 0 Å². The topological polar surface area (TPSA) is 98.1 Å². The number of nitrogens with two attached hydrogens (primary N) is 1. The van der Waals surface area contributed by atoms with Crippen LogP contribution >= 0.6 is 11.6 Å². The number of non-ortho nitro benzene ring substituents is 1. The highest BCUT2D eigenvalue weighted by atomic mass is 35.5. The molecule has 2 atom stereocenters. The highest BCUT2D eigenvalue weighted by Crippen LogP contribution is 2.29. The number of methoxy groups -OCH3 is 1. The third kappa shape index (κ3) is 4.93. The molecule has 2 rings (SSSR count). The number of nitrogens with zero attached hydrogens (tertiary/aromatic N) is 1. The molecule has 0 saturated heterocycles. The molecule has 0 aliphatic rings. The first-order valence-electron chi connectivity index (χ1n) is 8.05. The molecule has 2 aromatic rings. The van der Waals surface area contributed by atoms with E-state index < -0.39 is 4.92 Å². The van der Waals surface area contributed by atoms with Gasteiger partial charge in [0.05, 0.1) is 23.8 Å². The standard InChI is InChI=1S/C18H20ClN3O4/c1-11(13-5-4-6-14(19)9-13)20-12(2)18(23)21-16-8-7-15(22(24)25)10-17(16)26-3/h4-12,20H,1-3H3,(H,21,23)/p+1/t11-,12-/m0/s1. The quantitative estimate of drug-likeness (QED) is 0.571. The van der Waals surface area contributed by atoms with Crippen molar-refractivity contribution in [2.24, 2.45) is 0 Å². The maximum Gasteiger partial charge on any atom is 0.282 e. The lowest BCUT2D eigenvalue weighted by atomic mass is 10.1. The Hall–Kier alpha value is -2.64. The van der Waals surface area contributed by atoms with Crippen LogP contribution in [-0.2, 0) is 4.79 Å². The minimum absolute atomic E-state index is 0.0354. The number of ether oxygens (including phenoxy) is 1. The Bertz CT molecular complexity index is 813. The zero-order valence-corrected chi connectivity index (χ0v) is 15.5. The van der Waals surface area contributed by atoms with E-state index in [1.807, 2.05) is 30.4 Å². The third-order valence-electron chi connectivity index (χ3n) is 4.02. The smallest absolute Gasteiger partial charge is 0.282 e. The molecule has 1 amide bonds. The number of hydrogen-bond donors (Lipinski definition) is 2. The molecule has 0 bridgehead atoms. The molecule has 2 aromatic carbocycles. The van der Waals surface area contributed by atoms with Gasteiger partial charge in [0.1, 0.15) is 11.8 Å². The molecule has 26 heavy (non-hydrogen) atoms. The fourth-order valence-electron chi connectivity index (χ4n) is 2.56. The Labute approximate surface area is 156 Å². The van der Waals surface area contributed by atoms with Crippen LogP contribution < -0.4 is 15.4 Å². The number of nitrogens with one attached hydrogen (secondary N) is 1. The van der Waals surface area contributed by atoms with Crippen LogP contribution in [0.3, 0.4) is 0 Å². The van der Waals surface area contributed by atoms with Crippen molar-refractivity contribution >= 4 is 28.9 Å².